The molecule has 0 bridgehead atoms. The van der Waals surface area contributed by atoms with Crippen LogP contribution < -0.4 is 0 Å². The van der Waals surface area contributed by atoms with Gasteiger partial charge in [0.15, 0.2) is 5.60 Å². The zero-order valence-corrected chi connectivity index (χ0v) is 7.07. The SMILES string of the molecule is C#CC1(O)CC=Nc2ccccc21. The molecular weight excluding hydrogens is 162 g/mol. The summed E-state index contributed by atoms with van der Waals surface area (Å²) in [6.45, 7) is 0. The maximum absolute atomic E-state index is 10.0. The first-order valence-electron chi connectivity index (χ1n) is 4.08. The Morgan fingerprint density at radius 3 is 3.00 bits per heavy atom. The summed E-state index contributed by atoms with van der Waals surface area (Å²) in [4.78, 5) is 4.16. The van der Waals surface area contributed by atoms with E-state index in [2.05, 4.69) is 10.9 Å². The van der Waals surface area contributed by atoms with Gasteiger partial charge in [0.2, 0.25) is 0 Å². The van der Waals surface area contributed by atoms with Gasteiger partial charge in [-0.15, -0.1) is 6.42 Å². The van der Waals surface area contributed by atoms with Crippen molar-refractivity contribution in [2.24, 2.45) is 4.99 Å². The summed E-state index contributed by atoms with van der Waals surface area (Å²) >= 11 is 0. The molecule has 0 spiro atoms. The molecule has 0 fully saturated rings. The molecule has 1 aliphatic heterocycles. The van der Waals surface area contributed by atoms with E-state index in [0.717, 1.165) is 11.3 Å². The molecule has 1 N–H and O–H groups in total. The van der Waals surface area contributed by atoms with Crippen LogP contribution in [0.3, 0.4) is 0 Å². The number of para-hydroxylation sites is 1. The van der Waals surface area contributed by atoms with Crippen LogP contribution in [0, 0.1) is 12.3 Å². The van der Waals surface area contributed by atoms with Crippen molar-refractivity contribution in [2.45, 2.75) is 12.0 Å². The van der Waals surface area contributed by atoms with Gasteiger partial charge in [0.05, 0.1) is 5.69 Å². The van der Waals surface area contributed by atoms with Crippen LogP contribution >= 0.6 is 0 Å². The van der Waals surface area contributed by atoms with Crippen LogP contribution in [0.15, 0.2) is 29.3 Å². The Hall–Kier alpha value is -1.59. The summed E-state index contributed by atoms with van der Waals surface area (Å²) in [5.41, 5.74) is 0.312. The van der Waals surface area contributed by atoms with E-state index >= 15 is 0 Å². The molecule has 0 saturated carbocycles. The van der Waals surface area contributed by atoms with E-state index in [0.29, 0.717) is 6.42 Å². The van der Waals surface area contributed by atoms with Gasteiger partial charge in [-0.05, 0) is 6.07 Å². The standard InChI is InChI=1S/C11H9NO/c1-2-11(13)7-8-12-10-6-4-3-5-9(10)11/h1,3-6,8,13H,7H2. The van der Waals surface area contributed by atoms with Crippen molar-refractivity contribution in [1.82, 2.24) is 0 Å². The van der Waals surface area contributed by atoms with Crippen molar-refractivity contribution in [3.8, 4) is 12.3 Å². The number of rotatable bonds is 0. The zero-order chi connectivity index (χ0) is 9.31. The molecule has 2 nitrogen and oxygen atoms in total. The average Bonchev–Trinajstić information content (AvgIpc) is 2.19. The number of aliphatic hydroxyl groups is 1. The summed E-state index contributed by atoms with van der Waals surface area (Å²) < 4.78 is 0. The van der Waals surface area contributed by atoms with E-state index in [1.54, 1.807) is 6.21 Å². The Morgan fingerprint density at radius 2 is 2.23 bits per heavy atom. The molecule has 13 heavy (non-hydrogen) atoms. The minimum absolute atomic E-state index is 0.389. The molecule has 1 atom stereocenters. The lowest BCUT2D eigenvalue weighted by Gasteiger charge is -2.25. The molecule has 1 aromatic carbocycles. The molecule has 1 aliphatic rings. The fourth-order valence-electron chi connectivity index (χ4n) is 1.46. The molecule has 0 amide bonds. The van der Waals surface area contributed by atoms with E-state index in [1.807, 2.05) is 24.3 Å². The predicted molar refractivity (Wildman–Crippen MR) is 51.9 cm³/mol. The molecule has 1 unspecified atom stereocenters. The number of nitrogens with zero attached hydrogens (tertiary/aromatic N) is 1. The number of hydrogen-bond acceptors (Lipinski definition) is 2. The van der Waals surface area contributed by atoms with Crippen molar-refractivity contribution >= 4 is 11.9 Å². The first-order chi connectivity index (χ1) is 6.26. The maximum atomic E-state index is 10.0. The summed E-state index contributed by atoms with van der Waals surface area (Å²) in [6, 6.07) is 7.37. The van der Waals surface area contributed by atoms with Crippen LogP contribution in [0.2, 0.25) is 0 Å². The van der Waals surface area contributed by atoms with Gasteiger partial charge in [-0.3, -0.25) is 4.99 Å². The summed E-state index contributed by atoms with van der Waals surface area (Å²) in [6.07, 6.45) is 7.34. The topological polar surface area (TPSA) is 32.6 Å². The molecule has 0 saturated heterocycles. The summed E-state index contributed by atoms with van der Waals surface area (Å²) in [5, 5.41) is 10.0. The molecule has 0 aromatic heterocycles. The van der Waals surface area contributed by atoms with Gasteiger partial charge in [-0.25, -0.2) is 0 Å². The van der Waals surface area contributed by atoms with Crippen LogP contribution in [0.25, 0.3) is 0 Å². The quantitative estimate of drug-likeness (QED) is 0.591. The molecule has 1 aromatic rings. The number of aliphatic imine (C=N–C) groups is 1. The number of fused-ring (bicyclic) bond motifs is 1. The molecule has 1 heterocycles. The third kappa shape index (κ3) is 1.14. The van der Waals surface area contributed by atoms with E-state index in [-0.39, 0.29) is 0 Å². The summed E-state index contributed by atoms with van der Waals surface area (Å²) in [7, 11) is 0. The van der Waals surface area contributed by atoms with Crippen molar-refractivity contribution in [3.05, 3.63) is 29.8 Å². The van der Waals surface area contributed by atoms with Gasteiger partial charge in [-0.1, -0.05) is 24.1 Å². The van der Waals surface area contributed by atoms with Crippen LogP contribution in [0.4, 0.5) is 5.69 Å². The smallest absolute Gasteiger partial charge is 0.157 e. The fourth-order valence-corrected chi connectivity index (χ4v) is 1.46. The minimum Gasteiger partial charge on any atom is -0.373 e. The van der Waals surface area contributed by atoms with Crippen LogP contribution in [-0.4, -0.2) is 11.3 Å². The van der Waals surface area contributed by atoms with Gasteiger partial charge < -0.3 is 5.11 Å². The second-order valence-electron chi connectivity index (χ2n) is 3.04. The second-order valence-corrected chi connectivity index (χ2v) is 3.04. The highest BCUT2D eigenvalue weighted by molar-refractivity contribution is 5.72. The van der Waals surface area contributed by atoms with Crippen molar-refractivity contribution in [1.29, 1.82) is 0 Å². The molecule has 2 heteroatoms. The van der Waals surface area contributed by atoms with E-state index in [9.17, 15) is 5.11 Å². The maximum Gasteiger partial charge on any atom is 0.157 e. The van der Waals surface area contributed by atoms with Gasteiger partial charge >= 0.3 is 0 Å². The first-order valence-corrected chi connectivity index (χ1v) is 4.08. The Kier molecular flexibility index (Phi) is 1.68. The highest BCUT2D eigenvalue weighted by atomic mass is 16.3. The highest BCUT2D eigenvalue weighted by Gasteiger charge is 2.30. The van der Waals surface area contributed by atoms with E-state index in [1.165, 1.54) is 0 Å². The van der Waals surface area contributed by atoms with Crippen molar-refractivity contribution in [3.63, 3.8) is 0 Å². The van der Waals surface area contributed by atoms with Gasteiger partial charge in [0.1, 0.15) is 0 Å². The minimum atomic E-state index is -1.17. The van der Waals surface area contributed by atoms with E-state index < -0.39 is 5.60 Å². The van der Waals surface area contributed by atoms with Gasteiger partial charge in [0, 0.05) is 18.2 Å². The molecule has 0 radical (unpaired) electrons. The normalized spacial score (nSPS) is 24.9. The zero-order valence-electron chi connectivity index (χ0n) is 7.07. The van der Waals surface area contributed by atoms with Crippen molar-refractivity contribution in [2.75, 3.05) is 0 Å². The third-order valence-corrected chi connectivity index (χ3v) is 2.21. The molecular formula is C11H9NO. The largest absolute Gasteiger partial charge is 0.373 e. The summed E-state index contributed by atoms with van der Waals surface area (Å²) in [5.74, 6) is 2.40. The Balaban J connectivity index is 2.64. The number of hydrogen-bond donors (Lipinski definition) is 1. The number of benzene rings is 1. The van der Waals surface area contributed by atoms with Gasteiger partial charge in [-0.2, -0.15) is 0 Å². The monoisotopic (exact) mass is 171 g/mol. The van der Waals surface area contributed by atoms with E-state index in [4.69, 9.17) is 6.42 Å². The highest BCUT2D eigenvalue weighted by Crippen LogP contribution is 2.34. The Morgan fingerprint density at radius 1 is 1.46 bits per heavy atom. The Labute approximate surface area is 76.9 Å². The van der Waals surface area contributed by atoms with Crippen LogP contribution in [0.5, 0.6) is 0 Å². The lowest BCUT2D eigenvalue weighted by atomic mass is 9.89. The van der Waals surface area contributed by atoms with Crippen LogP contribution in [-0.2, 0) is 5.60 Å². The predicted octanol–water partition coefficient (Wildman–Crippen LogP) is 1.61. The second kappa shape index (κ2) is 2.72. The van der Waals surface area contributed by atoms with Crippen molar-refractivity contribution < 1.29 is 5.11 Å². The lowest BCUT2D eigenvalue weighted by molar-refractivity contribution is 0.109. The molecule has 2 rings (SSSR count). The van der Waals surface area contributed by atoms with Gasteiger partial charge in [0.25, 0.3) is 0 Å². The average molecular weight is 171 g/mol. The van der Waals surface area contributed by atoms with Crippen LogP contribution in [0.1, 0.15) is 12.0 Å². The molecule has 0 aliphatic carbocycles. The lowest BCUT2D eigenvalue weighted by Crippen LogP contribution is -2.25. The fraction of sp³-hybridized carbons (Fsp3) is 0.182. The molecule has 64 valence electrons. The third-order valence-electron chi connectivity index (χ3n) is 2.21. The number of terminal acetylenes is 1. The first kappa shape index (κ1) is 8.03. The Bertz CT molecular complexity index is 403.